The number of allylic oxidation sites excluding steroid dienone is 1. The second-order valence-electron chi connectivity index (χ2n) is 6.92. The fourth-order valence-corrected chi connectivity index (χ4v) is 2.77. The summed E-state index contributed by atoms with van der Waals surface area (Å²) in [7, 11) is 0. The minimum Gasteiger partial charge on any atom is -0.461 e. The number of ketones is 1. The van der Waals surface area contributed by atoms with E-state index in [1.54, 1.807) is 0 Å². The molecule has 0 saturated heterocycles. The molecule has 0 fully saturated rings. The maximum Gasteiger partial charge on any atom is 0.313 e. The third-order valence-corrected chi connectivity index (χ3v) is 4.41. The number of hydrogen-bond acceptors (Lipinski definition) is 5. The number of nitrogens with two attached hydrogens (primary N) is 1. The Morgan fingerprint density at radius 1 is 1.11 bits per heavy atom. The number of nitrogens with zero attached hydrogens (tertiary/aromatic N) is 1. The van der Waals surface area contributed by atoms with Gasteiger partial charge in [-0.05, 0) is 56.0 Å². The van der Waals surface area contributed by atoms with Crippen LogP contribution < -0.4 is 10.6 Å². The average Bonchev–Trinajstić information content (AvgIpc) is 2.61. The molecular weight excluding hydrogens is 340 g/mol. The molecule has 0 unspecified atom stereocenters. The average molecular weight is 375 g/mol. The standard InChI is InChI=1S/C22H34N2O3/c1-5-7-12-24(13-8-6-2)21-10-9-19(16-20(21)23)17(3)11-14-27-22(26)15-18(4)25/h9-11,16H,5-8,12-15,23H2,1-4H3/b17-11-. The quantitative estimate of drug-likeness (QED) is 0.329. The first-order valence-corrected chi connectivity index (χ1v) is 9.85. The lowest BCUT2D eigenvalue weighted by Crippen LogP contribution is -2.26. The fraction of sp³-hybridized carbons (Fsp3) is 0.545. The van der Waals surface area contributed by atoms with E-state index in [4.69, 9.17) is 10.5 Å². The number of benzene rings is 1. The van der Waals surface area contributed by atoms with Gasteiger partial charge in [-0.2, -0.15) is 0 Å². The Kier molecular flexibility index (Phi) is 10.2. The smallest absolute Gasteiger partial charge is 0.313 e. The number of hydrogen-bond donors (Lipinski definition) is 1. The SMILES string of the molecule is CCCCN(CCCC)c1ccc(/C(C)=C\COC(=O)CC(C)=O)cc1N. The van der Waals surface area contributed by atoms with E-state index in [0.717, 1.165) is 61.3 Å². The Morgan fingerprint density at radius 2 is 1.74 bits per heavy atom. The lowest BCUT2D eigenvalue weighted by molar-refractivity contribution is -0.144. The van der Waals surface area contributed by atoms with Crippen LogP contribution in [0.3, 0.4) is 0 Å². The normalized spacial score (nSPS) is 11.3. The van der Waals surface area contributed by atoms with Crippen LogP contribution in [0.4, 0.5) is 11.4 Å². The Labute approximate surface area is 163 Å². The van der Waals surface area contributed by atoms with Gasteiger partial charge in [0.15, 0.2) is 0 Å². The molecule has 0 aliphatic rings. The van der Waals surface area contributed by atoms with E-state index in [-0.39, 0.29) is 18.8 Å². The number of unbranched alkanes of at least 4 members (excludes halogenated alkanes) is 2. The first-order chi connectivity index (χ1) is 12.9. The van der Waals surface area contributed by atoms with Gasteiger partial charge in [-0.15, -0.1) is 0 Å². The van der Waals surface area contributed by atoms with Crippen molar-refractivity contribution >= 4 is 28.7 Å². The summed E-state index contributed by atoms with van der Waals surface area (Å²) in [5.74, 6) is -0.691. The van der Waals surface area contributed by atoms with Crippen LogP contribution >= 0.6 is 0 Å². The van der Waals surface area contributed by atoms with Crippen LogP contribution in [0.1, 0.15) is 65.4 Å². The molecule has 5 nitrogen and oxygen atoms in total. The van der Waals surface area contributed by atoms with Crippen LogP contribution in [0, 0.1) is 0 Å². The predicted octanol–water partition coefficient (Wildman–Crippen LogP) is 4.60. The molecule has 0 aliphatic heterocycles. The first kappa shape index (κ1) is 22.7. The highest BCUT2D eigenvalue weighted by Crippen LogP contribution is 2.28. The molecule has 1 rings (SSSR count). The molecule has 0 spiro atoms. The van der Waals surface area contributed by atoms with Gasteiger partial charge in [-0.1, -0.05) is 32.8 Å². The van der Waals surface area contributed by atoms with Crippen molar-refractivity contribution in [2.24, 2.45) is 0 Å². The Hall–Kier alpha value is -2.30. The molecule has 0 heterocycles. The van der Waals surface area contributed by atoms with E-state index in [1.165, 1.54) is 6.92 Å². The molecule has 2 N–H and O–H groups in total. The van der Waals surface area contributed by atoms with Gasteiger partial charge in [0.05, 0.1) is 11.4 Å². The highest BCUT2D eigenvalue weighted by atomic mass is 16.5. The van der Waals surface area contributed by atoms with Gasteiger partial charge >= 0.3 is 5.97 Å². The third kappa shape index (κ3) is 8.29. The summed E-state index contributed by atoms with van der Waals surface area (Å²) in [6.07, 6.45) is 6.26. The summed E-state index contributed by atoms with van der Waals surface area (Å²) in [6.45, 7) is 9.90. The topological polar surface area (TPSA) is 72.6 Å². The van der Waals surface area contributed by atoms with E-state index >= 15 is 0 Å². The number of esters is 1. The molecule has 0 amide bonds. The maximum atomic E-state index is 11.4. The van der Waals surface area contributed by atoms with Gasteiger partial charge < -0.3 is 15.4 Å². The van der Waals surface area contributed by atoms with Crippen LogP contribution in [0.5, 0.6) is 0 Å². The van der Waals surface area contributed by atoms with Crippen molar-refractivity contribution in [2.45, 2.75) is 59.8 Å². The second kappa shape index (κ2) is 12.2. The van der Waals surface area contributed by atoms with Gasteiger partial charge in [0.25, 0.3) is 0 Å². The van der Waals surface area contributed by atoms with Crippen LogP contribution in [-0.2, 0) is 14.3 Å². The number of rotatable bonds is 12. The summed E-state index contributed by atoms with van der Waals surface area (Å²) in [4.78, 5) is 24.7. The molecule has 0 aliphatic carbocycles. The van der Waals surface area contributed by atoms with Crippen molar-refractivity contribution in [3.05, 3.63) is 29.8 Å². The second-order valence-corrected chi connectivity index (χ2v) is 6.92. The summed E-state index contributed by atoms with van der Waals surface area (Å²) < 4.78 is 5.05. The highest BCUT2D eigenvalue weighted by Gasteiger charge is 2.11. The summed E-state index contributed by atoms with van der Waals surface area (Å²) in [6, 6.07) is 6.11. The molecule has 0 saturated carbocycles. The molecule has 1 aromatic carbocycles. The largest absolute Gasteiger partial charge is 0.461 e. The molecule has 5 heteroatoms. The van der Waals surface area contributed by atoms with Gasteiger partial charge in [-0.3, -0.25) is 9.59 Å². The van der Waals surface area contributed by atoms with Crippen molar-refractivity contribution in [3.63, 3.8) is 0 Å². The molecular formula is C22H34N2O3. The van der Waals surface area contributed by atoms with Crippen molar-refractivity contribution in [1.29, 1.82) is 0 Å². The number of nitrogen functional groups attached to an aromatic ring is 1. The van der Waals surface area contributed by atoms with Gasteiger partial charge in [0, 0.05) is 13.1 Å². The van der Waals surface area contributed by atoms with Gasteiger partial charge in [0.2, 0.25) is 0 Å². The Bertz CT molecular complexity index is 645. The Morgan fingerprint density at radius 3 is 2.26 bits per heavy atom. The lowest BCUT2D eigenvalue weighted by Gasteiger charge is -2.26. The lowest BCUT2D eigenvalue weighted by atomic mass is 10.0. The van der Waals surface area contributed by atoms with E-state index in [2.05, 4.69) is 30.9 Å². The van der Waals surface area contributed by atoms with E-state index in [0.29, 0.717) is 0 Å². The predicted molar refractivity (Wildman–Crippen MR) is 113 cm³/mol. The molecule has 150 valence electrons. The molecule has 1 aromatic rings. The van der Waals surface area contributed by atoms with E-state index in [1.807, 2.05) is 19.1 Å². The zero-order valence-electron chi connectivity index (χ0n) is 17.2. The highest BCUT2D eigenvalue weighted by molar-refractivity contribution is 5.94. The van der Waals surface area contributed by atoms with Gasteiger partial charge in [0.1, 0.15) is 18.8 Å². The summed E-state index contributed by atoms with van der Waals surface area (Å²) in [5.41, 5.74) is 10.2. The van der Waals surface area contributed by atoms with Crippen molar-refractivity contribution in [1.82, 2.24) is 0 Å². The number of Topliss-reactive ketones (excluding diaryl/α,β-unsaturated/α-hetero) is 1. The van der Waals surface area contributed by atoms with Crippen molar-refractivity contribution in [3.8, 4) is 0 Å². The first-order valence-electron chi connectivity index (χ1n) is 9.85. The summed E-state index contributed by atoms with van der Waals surface area (Å²) >= 11 is 0. The van der Waals surface area contributed by atoms with Crippen LogP contribution in [0.15, 0.2) is 24.3 Å². The van der Waals surface area contributed by atoms with Crippen LogP contribution in [0.2, 0.25) is 0 Å². The van der Waals surface area contributed by atoms with Gasteiger partial charge in [-0.25, -0.2) is 0 Å². The van der Waals surface area contributed by atoms with Crippen LogP contribution in [0.25, 0.3) is 5.57 Å². The maximum absolute atomic E-state index is 11.4. The minimum absolute atomic E-state index is 0.152. The van der Waals surface area contributed by atoms with E-state index < -0.39 is 5.97 Å². The molecule has 0 aromatic heterocycles. The molecule has 0 bridgehead atoms. The number of carbonyl (C=O) groups is 2. The number of ether oxygens (including phenoxy) is 1. The molecule has 0 atom stereocenters. The van der Waals surface area contributed by atoms with Crippen molar-refractivity contribution < 1.29 is 14.3 Å². The monoisotopic (exact) mass is 374 g/mol. The minimum atomic E-state index is -0.496. The van der Waals surface area contributed by atoms with Crippen molar-refractivity contribution in [2.75, 3.05) is 30.3 Å². The zero-order valence-corrected chi connectivity index (χ0v) is 17.2. The van der Waals surface area contributed by atoms with Crippen LogP contribution in [-0.4, -0.2) is 31.4 Å². The Balaban J connectivity index is 2.80. The molecule has 27 heavy (non-hydrogen) atoms. The fourth-order valence-electron chi connectivity index (χ4n) is 2.77. The third-order valence-electron chi connectivity index (χ3n) is 4.41. The zero-order chi connectivity index (χ0) is 20.2. The van der Waals surface area contributed by atoms with E-state index in [9.17, 15) is 9.59 Å². The number of anilines is 2. The summed E-state index contributed by atoms with van der Waals surface area (Å²) in [5, 5.41) is 0. The number of carbonyl (C=O) groups excluding carboxylic acids is 2. The molecule has 0 radical (unpaired) electrons.